The average molecular weight is 366 g/mol. The van der Waals surface area contributed by atoms with Crippen molar-refractivity contribution in [2.45, 2.75) is 63.8 Å². The average Bonchev–Trinajstić information content (AvgIpc) is 3.06. The second-order valence-corrected chi connectivity index (χ2v) is 5.77. The Hall–Kier alpha value is -0.890. The molecule has 0 saturated carbocycles. The van der Waals surface area contributed by atoms with Gasteiger partial charge in [-0.25, -0.2) is 0 Å². The van der Waals surface area contributed by atoms with Crippen LogP contribution in [0.2, 0.25) is 0 Å². The number of hydrogen-bond acceptors (Lipinski definition) is 5. The summed E-state index contributed by atoms with van der Waals surface area (Å²) in [5.74, 6) is 1.81. The van der Waals surface area contributed by atoms with Gasteiger partial charge in [0, 0.05) is 19.5 Å². The van der Waals surface area contributed by atoms with Gasteiger partial charge in [-0.15, -0.1) is 35.0 Å². The fourth-order valence-electron chi connectivity index (χ4n) is 3.03. The van der Waals surface area contributed by atoms with Crippen molar-refractivity contribution in [3.8, 4) is 0 Å². The van der Waals surface area contributed by atoms with E-state index in [1.54, 1.807) is 0 Å². The minimum atomic E-state index is -0.370. The number of amides is 1. The summed E-state index contributed by atoms with van der Waals surface area (Å²) >= 11 is 0. The summed E-state index contributed by atoms with van der Waals surface area (Å²) in [5, 5.41) is 11.4. The molecule has 3 heterocycles. The number of nitrogens with two attached hydrogens (primary N) is 1. The third kappa shape index (κ3) is 4.79. The molecule has 9 heteroatoms. The summed E-state index contributed by atoms with van der Waals surface area (Å²) < 4.78 is 7.74. The fraction of sp³-hybridized carbons (Fsp3) is 0.786. The van der Waals surface area contributed by atoms with Gasteiger partial charge in [-0.3, -0.25) is 4.79 Å². The molecule has 1 aromatic rings. The molecule has 0 radical (unpaired) electrons. The van der Waals surface area contributed by atoms with Crippen LogP contribution in [0.15, 0.2) is 0 Å². The maximum atomic E-state index is 12.1. The van der Waals surface area contributed by atoms with Gasteiger partial charge in [-0.05, 0) is 25.7 Å². The van der Waals surface area contributed by atoms with Gasteiger partial charge in [0.2, 0.25) is 5.91 Å². The van der Waals surface area contributed by atoms with Crippen molar-refractivity contribution in [2.24, 2.45) is 5.73 Å². The predicted octanol–water partition coefficient (Wildman–Crippen LogP) is 0.971. The van der Waals surface area contributed by atoms with Crippen molar-refractivity contribution in [3.05, 3.63) is 11.6 Å². The highest BCUT2D eigenvalue weighted by Crippen LogP contribution is 2.19. The van der Waals surface area contributed by atoms with Crippen LogP contribution in [0.1, 0.15) is 43.8 Å². The molecule has 0 spiro atoms. The number of fused-ring (bicyclic) bond motifs is 1. The summed E-state index contributed by atoms with van der Waals surface area (Å²) in [4.78, 5) is 12.1. The smallest absolute Gasteiger partial charge is 0.249 e. The molecular formula is C14H25Cl2N5O2. The molecular weight excluding hydrogens is 341 g/mol. The first-order valence-electron chi connectivity index (χ1n) is 7.82. The van der Waals surface area contributed by atoms with Crippen LogP contribution >= 0.6 is 24.8 Å². The van der Waals surface area contributed by atoms with Crippen molar-refractivity contribution < 1.29 is 9.53 Å². The van der Waals surface area contributed by atoms with Crippen molar-refractivity contribution >= 4 is 30.7 Å². The van der Waals surface area contributed by atoms with Crippen LogP contribution in [0.5, 0.6) is 0 Å². The monoisotopic (exact) mass is 365 g/mol. The van der Waals surface area contributed by atoms with Crippen molar-refractivity contribution in [1.82, 2.24) is 20.1 Å². The number of nitrogens with one attached hydrogen (secondary N) is 1. The number of aromatic nitrogens is 3. The molecule has 1 saturated heterocycles. The Bertz CT molecular complexity index is 511. The number of halogens is 2. The van der Waals surface area contributed by atoms with E-state index in [-0.39, 0.29) is 42.9 Å². The van der Waals surface area contributed by atoms with E-state index in [1.165, 1.54) is 12.8 Å². The first kappa shape index (κ1) is 20.2. The van der Waals surface area contributed by atoms with E-state index in [2.05, 4.69) is 20.1 Å². The fourth-order valence-corrected chi connectivity index (χ4v) is 3.03. The second kappa shape index (κ2) is 9.42. The standard InChI is InChI=1S/C14H23N5O2.2ClH/c15-8-10-5-6-11(21-10)14(20)16-9-13-18-17-12-4-2-1-3-7-19(12)13;;/h10-11H,1-9,15H2,(H,16,20);2*1H/t10-,11+;;/m1../s1. The van der Waals surface area contributed by atoms with E-state index in [4.69, 9.17) is 10.5 Å². The minimum Gasteiger partial charge on any atom is -0.364 e. The highest BCUT2D eigenvalue weighted by Gasteiger charge is 2.29. The Kier molecular flexibility index (Phi) is 8.25. The van der Waals surface area contributed by atoms with Crippen LogP contribution in [-0.4, -0.2) is 39.4 Å². The van der Waals surface area contributed by atoms with Gasteiger partial charge in [0.1, 0.15) is 11.9 Å². The molecule has 23 heavy (non-hydrogen) atoms. The lowest BCUT2D eigenvalue weighted by molar-refractivity contribution is -0.132. The molecule has 3 N–H and O–H groups in total. The summed E-state index contributed by atoms with van der Waals surface area (Å²) in [7, 11) is 0. The molecule has 0 bridgehead atoms. The Balaban J connectivity index is 0.00000132. The number of aryl methyl sites for hydroxylation is 1. The molecule has 1 fully saturated rings. The quantitative estimate of drug-likeness (QED) is 0.828. The Morgan fingerprint density at radius 3 is 2.83 bits per heavy atom. The molecule has 2 atom stereocenters. The minimum absolute atomic E-state index is 0. The van der Waals surface area contributed by atoms with Gasteiger partial charge in [0.25, 0.3) is 0 Å². The summed E-state index contributed by atoms with van der Waals surface area (Å²) in [6, 6.07) is 0. The van der Waals surface area contributed by atoms with Crippen LogP contribution in [0.4, 0.5) is 0 Å². The van der Waals surface area contributed by atoms with E-state index in [0.717, 1.165) is 43.9 Å². The molecule has 1 aromatic heterocycles. The lowest BCUT2D eigenvalue weighted by Crippen LogP contribution is -2.35. The normalized spacial score (nSPS) is 23.2. The van der Waals surface area contributed by atoms with Gasteiger partial charge in [-0.1, -0.05) is 6.42 Å². The van der Waals surface area contributed by atoms with Crippen molar-refractivity contribution in [2.75, 3.05) is 6.54 Å². The summed E-state index contributed by atoms with van der Waals surface area (Å²) in [6.07, 6.45) is 5.77. The molecule has 0 aromatic carbocycles. The zero-order valence-electron chi connectivity index (χ0n) is 13.1. The van der Waals surface area contributed by atoms with Crippen LogP contribution in [0.3, 0.4) is 0 Å². The topological polar surface area (TPSA) is 95.1 Å². The maximum Gasteiger partial charge on any atom is 0.249 e. The van der Waals surface area contributed by atoms with Crippen molar-refractivity contribution in [3.63, 3.8) is 0 Å². The zero-order valence-corrected chi connectivity index (χ0v) is 14.7. The maximum absolute atomic E-state index is 12.1. The molecule has 1 amide bonds. The number of carbonyl (C=O) groups is 1. The molecule has 2 aliphatic rings. The number of ether oxygens (including phenoxy) is 1. The number of nitrogens with zero attached hydrogens (tertiary/aromatic N) is 3. The van der Waals surface area contributed by atoms with E-state index in [1.807, 2.05) is 0 Å². The molecule has 7 nitrogen and oxygen atoms in total. The van der Waals surface area contributed by atoms with Gasteiger partial charge in [0.05, 0.1) is 12.6 Å². The zero-order chi connectivity index (χ0) is 14.7. The van der Waals surface area contributed by atoms with E-state index >= 15 is 0 Å². The number of hydrogen-bond donors (Lipinski definition) is 2. The van der Waals surface area contributed by atoms with Crippen LogP contribution < -0.4 is 11.1 Å². The van der Waals surface area contributed by atoms with E-state index < -0.39 is 0 Å². The third-order valence-corrected chi connectivity index (χ3v) is 4.27. The van der Waals surface area contributed by atoms with Gasteiger partial charge >= 0.3 is 0 Å². The van der Waals surface area contributed by atoms with Crippen LogP contribution in [0.25, 0.3) is 0 Å². The van der Waals surface area contributed by atoms with Gasteiger partial charge < -0.3 is 20.4 Å². The Morgan fingerprint density at radius 1 is 1.26 bits per heavy atom. The van der Waals surface area contributed by atoms with Gasteiger partial charge in [-0.2, -0.15) is 0 Å². The number of carbonyl (C=O) groups excluding carboxylic acids is 1. The Labute approximate surface area is 148 Å². The van der Waals surface area contributed by atoms with Crippen molar-refractivity contribution in [1.29, 1.82) is 0 Å². The first-order chi connectivity index (χ1) is 10.3. The molecule has 2 aliphatic heterocycles. The molecule has 0 aliphatic carbocycles. The summed E-state index contributed by atoms with van der Waals surface area (Å²) in [6.45, 7) is 1.84. The highest BCUT2D eigenvalue weighted by molar-refractivity contribution is 5.85. The second-order valence-electron chi connectivity index (χ2n) is 5.77. The molecule has 3 rings (SSSR count). The predicted molar refractivity (Wildman–Crippen MR) is 90.9 cm³/mol. The largest absolute Gasteiger partial charge is 0.364 e. The first-order valence-corrected chi connectivity index (χ1v) is 7.82. The van der Waals surface area contributed by atoms with Gasteiger partial charge in [0.15, 0.2) is 5.82 Å². The van der Waals surface area contributed by atoms with E-state index in [9.17, 15) is 4.79 Å². The summed E-state index contributed by atoms with van der Waals surface area (Å²) in [5.41, 5.74) is 5.56. The molecule has 0 unspecified atom stereocenters. The van der Waals surface area contributed by atoms with Crippen LogP contribution in [-0.2, 0) is 29.0 Å². The van der Waals surface area contributed by atoms with Crippen LogP contribution in [0, 0.1) is 0 Å². The lowest BCUT2D eigenvalue weighted by Gasteiger charge is -2.13. The highest BCUT2D eigenvalue weighted by atomic mass is 35.5. The Morgan fingerprint density at radius 2 is 2.09 bits per heavy atom. The number of rotatable bonds is 4. The lowest BCUT2D eigenvalue weighted by atomic mass is 10.2. The van der Waals surface area contributed by atoms with E-state index in [0.29, 0.717) is 13.1 Å². The third-order valence-electron chi connectivity index (χ3n) is 4.27. The molecule has 132 valence electrons. The SMILES string of the molecule is Cl.Cl.NC[C@H]1CC[C@@H](C(=O)NCc2nnc3n2CCCCC3)O1.